The van der Waals surface area contributed by atoms with Crippen LogP contribution in [-0.4, -0.2) is 117 Å². The fourth-order valence-corrected chi connectivity index (χ4v) is 5.02. The molecule has 21 heteroatoms. The Morgan fingerprint density at radius 2 is 1.18 bits per heavy atom. The van der Waals surface area contributed by atoms with E-state index in [1.165, 1.54) is 19.1 Å². The van der Waals surface area contributed by atoms with E-state index < -0.39 is 84.2 Å². The van der Waals surface area contributed by atoms with Crippen LogP contribution in [0.3, 0.4) is 0 Å². The normalized spacial score (nSPS) is 12.7. The number of carboxylic acid groups (broad SMARTS) is 3. The van der Waals surface area contributed by atoms with Gasteiger partial charge in [-0.05, 0) is 61.8 Å². The van der Waals surface area contributed by atoms with Gasteiger partial charge in [0.1, 0.15) is 29.9 Å². The zero-order valence-electron chi connectivity index (χ0n) is 34.3. The molecule has 21 nitrogen and oxygen atoms in total. The summed E-state index contributed by atoms with van der Waals surface area (Å²) in [6.45, 7) is 6.93. The van der Waals surface area contributed by atoms with Crippen LogP contribution in [0.1, 0.15) is 65.0 Å². The van der Waals surface area contributed by atoms with Gasteiger partial charge < -0.3 is 63.8 Å². The van der Waals surface area contributed by atoms with Gasteiger partial charge >= 0.3 is 5.97 Å². The van der Waals surface area contributed by atoms with Crippen molar-refractivity contribution in [2.24, 2.45) is 17.4 Å². The number of aromatic hydroxyl groups is 1. The number of amides is 5. The summed E-state index contributed by atoms with van der Waals surface area (Å²) < 4.78 is 0. The SMILES string of the molecule is CC(=O)O.CC(=O)O.CC(C)C[C@H](NC(=O)[C@H](Cc1ccccc1)NC(=O)CNC(=O)[C@@H](C)NC(=O)[C@@H](N)Cc1ccc(O)cc1)C(=O)N[C@@H](CCCNC(=N)N)C(=O)O. The number of rotatable bonds is 21. The number of phenols is 1. The van der Waals surface area contributed by atoms with Crippen LogP contribution in [0.15, 0.2) is 54.6 Å². The first-order chi connectivity index (χ1) is 28.0. The van der Waals surface area contributed by atoms with E-state index in [9.17, 15) is 39.0 Å². The highest BCUT2D eigenvalue weighted by atomic mass is 16.4. The Hall–Kier alpha value is -6.77. The lowest BCUT2D eigenvalue weighted by atomic mass is 10.0. The molecule has 60 heavy (non-hydrogen) atoms. The molecule has 0 aliphatic carbocycles. The third kappa shape index (κ3) is 25.5. The second kappa shape index (κ2) is 28.6. The van der Waals surface area contributed by atoms with Gasteiger partial charge in [0.25, 0.3) is 11.9 Å². The maximum atomic E-state index is 13.6. The summed E-state index contributed by atoms with van der Waals surface area (Å²) in [5.74, 6) is -6.63. The summed E-state index contributed by atoms with van der Waals surface area (Å²) >= 11 is 0. The average molecular weight is 846 g/mol. The highest BCUT2D eigenvalue weighted by Crippen LogP contribution is 2.12. The van der Waals surface area contributed by atoms with Crippen molar-refractivity contribution in [2.45, 2.75) is 96.9 Å². The van der Waals surface area contributed by atoms with E-state index in [-0.39, 0.29) is 49.9 Å². The highest BCUT2D eigenvalue weighted by Gasteiger charge is 2.30. The number of hydrogen-bond donors (Lipinski definition) is 13. The fraction of sp³-hybridized carbons (Fsp3) is 0.462. The molecule has 0 fully saturated rings. The van der Waals surface area contributed by atoms with Gasteiger partial charge in [-0.2, -0.15) is 0 Å². The molecule has 5 amide bonds. The minimum Gasteiger partial charge on any atom is -0.508 e. The van der Waals surface area contributed by atoms with Crippen LogP contribution in [0.25, 0.3) is 0 Å². The molecule has 2 aromatic carbocycles. The van der Waals surface area contributed by atoms with E-state index >= 15 is 0 Å². The molecule has 2 rings (SSSR count). The number of aliphatic carboxylic acids is 3. The second-order valence-electron chi connectivity index (χ2n) is 13.8. The number of nitrogens with two attached hydrogens (primary N) is 2. The van der Waals surface area contributed by atoms with Gasteiger partial charge in [-0.3, -0.25) is 39.0 Å². The molecule has 0 heterocycles. The maximum Gasteiger partial charge on any atom is 0.326 e. The first-order valence-electron chi connectivity index (χ1n) is 18.8. The van der Waals surface area contributed by atoms with Gasteiger partial charge in [-0.1, -0.05) is 56.3 Å². The number of phenolic OH excluding ortho intramolecular Hbond substituents is 1. The van der Waals surface area contributed by atoms with Gasteiger partial charge in [0.2, 0.25) is 29.5 Å². The van der Waals surface area contributed by atoms with Crippen LogP contribution in [0, 0.1) is 11.3 Å². The van der Waals surface area contributed by atoms with E-state index in [0.29, 0.717) is 17.5 Å². The van der Waals surface area contributed by atoms with Crippen molar-refractivity contribution in [1.29, 1.82) is 5.41 Å². The van der Waals surface area contributed by atoms with Crippen LogP contribution in [0.2, 0.25) is 0 Å². The number of nitrogens with one attached hydrogen (secondary N) is 7. The molecule has 0 aliphatic heterocycles. The summed E-state index contributed by atoms with van der Waals surface area (Å²) in [5.41, 5.74) is 12.6. The topological polar surface area (TPSA) is 366 Å². The van der Waals surface area contributed by atoms with Crippen molar-refractivity contribution in [3.8, 4) is 5.75 Å². The zero-order chi connectivity index (χ0) is 45.9. The summed E-state index contributed by atoms with van der Waals surface area (Å²) in [5, 5.41) is 56.4. The molecule has 15 N–H and O–H groups in total. The first kappa shape index (κ1) is 53.2. The van der Waals surface area contributed by atoms with Crippen LogP contribution in [0.4, 0.5) is 0 Å². The fourth-order valence-electron chi connectivity index (χ4n) is 5.02. The predicted molar refractivity (Wildman–Crippen MR) is 219 cm³/mol. The number of guanidine groups is 1. The minimum absolute atomic E-state index is 0.0364. The Labute approximate surface area is 347 Å². The van der Waals surface area contributed by atoms with Crippen molar-refractivity contribution >= 4 is 53.4 Å². The van der Waals surface area contributed by atoms with Gasteiger partial charge in [0, 0.05) is 26.8 Å². The largest absolute Gasteiger partial charge is 0.508 e. The molecule has 2 aromatic rings. The standard InChI is InChI=1S/C35H51N9O8.2C2H4O2/c1-20(2)16-27(32(49)43-26(34(51)52)10-7-15-39-35(37)38)44-33(50)28(18-22-8-5-4-6-9-22)42-29(46)19-40-30(47)21(3)41-31(48)25(36)17-23-11-13-24(45)14-12-23;2*1-2(3)4/h4-6,8-9,11-14,20-21,25-28,45H,7,10,15-19,36H2,1-3H3,(H,40,47)(H,41,48)(H,42,46)(H,43,49)(H,44,50)(H,51,52)(H4,37,38,39);2*1H3,(H,3,4)/t21-,25+,26+,27+,28+;;/m1../s1. The van der Waals surface area contributed by atoms with Crippen molar-refractivity contribution < 1.29 is 58.8 Å². The minimum atomic E-state index is -1.27. The molecule has 0 unspecified atom stereocenters. The number of carboxylic acids is 3. The summed E-state index contributed by atoms with van der Waals surface area (Å²) in [6.07, 6.45) is 0.693. The Morgan fingerprint density at radius 3 is 1.70 bits per heavy atom. The van der Waals surface area contributed by atoms with Crippen molar-refractivity contribution in [2.75, 3.05) is 13.1 Å². The van der Waals surface area contributed by atoms with E-state index in [2.05, 4.69) is 31.9 Å². The quantitative estimate of drug-likeness (QED) is 0.0414. The Balaban J connectivity index is 0.00000397. The number of hydrogen-bond acceptors (Lipinski definition) is 11. The Kier molecular flexibility index (Phi) is 25.4. The molecule has 0 radical (unpaired) electrons. The Bertz CT molecular complexity index is 1710. The summed E-state index contributed by atoms with van der Waals surface area (Å²) in [4.78, 5) is 95.1. The average Bonchev–Trinajstić information content (AvgIpc) is 3.14. The lowest BCUT2D eigenvalue weighted by Gasteiger charge is -2.26. The first-order valence-corrected chi connectivity index (χ1v) is 18.8. The molecular formula is C39H59N9O12. The lowest BCUT2D eigenvalue weighted by Crippen LogP contribution is -2.57. The van der Waals surface area contributed by atoms with Gasteiger partial charge in [-0.15, -0.1) is 0 Å². The summed E-state index contributed by atoms with van der Waals surface area (Å²) in [7, 11) is 0. The molecule has 0 saturated carbocycles. The number of benzene rings is 2. The molecule has 332 valence electrons. The maximum absolute atomic E-state index is 13.6. The van der Waals surface area contributed by atoms with Crippen molar-refractivity contribution in [1.82, 2.24) is 31.9 Å². The van der Waals surface area contributed by atoms with Gasteiger partial charge in [0.05, 0.1) is 12.6 Å². The molecule has 0 saturated heterocycles. The van der Waals surface area contributed by atoms with E-state index in [1.54, 1.807) is 42.5 Å². The van der Waals surface area contributed by atoms with Crippen molar-refractivity contribution in [3.63, 3.8) is 0 Å². The van der Waals surface area contributed by atoms with E-state index in [4.69, 9.17) is 36.7 Å². The molecular weight excluding hydrogens is 786 g/mol. The monoisotopic (exact) mass is 845 g/mol. The second-order valence-corrected chi connectivity index (χ2v) is 13.8. The smallest absolute Gasteiger partial charge is 0.326 e. The van der Waals surface area contributed by atoms with E-state index in [0.717, 1.165) is 13.8 Å². The van der Waals surface area contributed by atoms with Gasteiger partial charge in [-0.25, -0.2) is 4.79 Å². The Morgan fingerprint density at radius 1 is 0.667 bits per heavy atom. The van der Waals surface area contributed by atoms with Crippen molar-refractivity contribution in [3.05, 3.63) is 65.7 Å². The third-order valence-corrected chi connectivity index (χ3v) is 7.78. The van der Waals surface area contributed by atoms with Crippen LogP contribution in [-0.2, 0) is 51.2 Å². The highest BCUT2D eigenvalue weighted by molar-refractivity contribution is 5.95. The van der Waals surface area contributed by atoms with Gasteiger partial charge in [0.15, 0.2) is 5.96 Å². The van der Waals surface area contributed by atoms with E-state index in [1.807, 2.05) is 13.8 Å². The molecule has 0 aromatic heterocycles. The molecule has 5 atom stereocenters. The molecule has 0 spiro atoms. The summed E-state index contributed by atoms with van der Waals surface area (Å²) in [6, 6.07) is 9.36. The molecule has 0 aliphatic rings. The van der Waals surface area contributed by atoms with Crippen LogP contribution in [0.5, 0.6) is 5.75 Å². The lowest BCUT2D eigenvalue weighted by molar-refractivity contribution is -0.142. The van der Waals surface area contributed by atoms with Crippen LogP contribution >= 0.6 is 0 Å². The number of carbonyl (C=O) groups excluding carboxylic acids is 5. The zero-order valence-corrected chi connectivity index (χ0v) is 34.3. The third-order valence-electron chi connectivity index (χ3n) is 7.78. The number of carbonyl (C=O) groups is 8. The predicted octanol–water partition coefficient (Wildman–Crippen LogP) is -0.844. The van der Waals surface area contributed by atoms with Crippen LogP contribution < -0.4 is 43.4 Å². The molecule has 0 bridgehead atoms.